The summed E-state index contributed by atoms with van der Waals surface area (Å²) in [5.41, 5.74) is 1.74. The van der Waals surface area contributed by atoms with E-state index in [9.17, 15) is 13.6 Å². The quantitative estimate of drug-likeness (QED) is 0.827. The molecule has 0 aliphatic heterocycles. The Bertz CT molecular complexity index is 569. The van der Waals surface area contributed by atoms with Crippen LogP contribution in [0, 0.1) is 11.6 Å². The van der Waals surface area contributed by atoms with Gasteiger partial charge in [-0.3, -0.25) is 4.79 Å². The van der Waals surface area contributed by atoms with Gasteiger partial charge in [-0.25, -0.2) is 8.78 Å². The average Bonchev–Trinajstić information content (AvgIpc) is 2.37. The summed E-state index contributed by atoms with van der Waals surface area (Å²) in [6.45, 7) is 0.302. The minimum atomic E-state index is -0.617. The summed E-state index contributed by atoms with van der Waals surface area (Å²) in [4.78, 5) is 10.3. The molecule has 4 heteroatoms. The summed E-state index contributed by atoms with van der Waals surface area (Å²) < 4.78 is 26.6. The first kappa shape index (κ1) is 12.2. The Balaban J connectivity index is 2.46. The second kappa shape index (κ2) is 5.40. The molecule has 2 nitrogen and oxygen atoms in total. The van der Waals surface area contributed by atoms with Crippen LogP contribution in [0.5, 0.6) is 0 Å². The number of hydrogen-bond donors (Lipinski definition) is 1. The van der Waals surface area contributed by atoms with Gasteiger partial charge in [0.15, 0.2) is 0 Å². The minimum Gasteiger partial charge on any atom is -0.355 e. The SMILES string of the molecule is O=CNCc1ccccc1-c1ccc(F)cc1F. The molecule has 2 rings (SSSR count). The summed E-state index contributed by atoms with van der Waals surface area (Å²) in [7, 11) is 0. The molecule has 0 fully saturated rings. The van der Waals surface area contributed by atoms with Gasteiger partial charge in [-0.15, -0.1) is 0 Å². The van der Waals surface area contributed by atoms with Gasteiger partial charge in [0.05, 0.1) is 0 Å². The first-order valence-corrected chi connectivity index (χ1v) is 5.42. The van der Waals surface area contributed by atoms with E-state index in [-0.39, 0.29) is 0 Å². The van der Waals surface area contributed by atoms with Gasteiger partial charge in [0.25, 0.3) is 0 Å². The Kier molecular flexibility index (Phi) is 3.67. The highest BCUT2D eigenvalue weighted by atomic mass is 19.1. The second-order valence-electron chi connectivity index (χ2n) is 3.78. The van der Waals surface area contributed by atoms with Crippen molar-refractivity contribution in [2.75, 3.05) is 0 Å². The van der Waals surface area contributed by atoms with Crippen LogP contribution in [0.15, 0.2) is 42.5 Å². The third-order valence-electron chi connectivity index (χ3n) is 2.61. The lowest BCUT2D eigenvalue weighted by Crippen LogP contribution is -2.10. The lowest BCUT2D eigenvalue weighted by atomic mass is 9.99. The molecule has 0 heterocycles. The summed E-state index contributed by atoms with van der Waals surface area (Å²) >= 11 is 0. The summed E-state index contributed by atoms with van der Waals surface area (Å²) in [6, 6.07) is 10.5. The number of rotatable bonds is 4. The number of nitrogens with one attached hydrogen (secondary N) is 1. The molecule has 0 bridgehead atoms. The number of carbonyl (C=O) groups is 1. The van der Waals surface area contributed by atoms with Crippen molar-refractivity contribution in [3.8, 4) is 11.1 Å². The molecule has 92 valence electrons. The monoisotopic (exact) mass is 247 g/mol. The van der Waals surface area contributed by atoms with Gasteiger partial charge in [0.1, 0.15) is 11.6 Å². The topological polar surface area (TPSA) is 29.1 Å². The van der Waals surface area contributed by atoms with E-state index in [0.717, 1.165) is 11.6 Å². The average molecular weight is 247 g/mol. The van der Waals surface area contributed by atoms with Crippen LogP contribution in [0.25, 0.3) is 11.1 Å². The van der Waals surface area contributed by atoms with E-state index in [2.05, 4.69) is 5.32 Å². The number of amides is 1. The normalized spacial score (nSPS) is 10.1. The maximum Gasteiger partial charge on any atom is 0.207 e. The summed E-state index contributed by atoms with van der Waals surface area (Å²) in [5.74, 6) is -1.23. The maximum atomic E-state index is 13.7. The van der Waals surface area contributed by atoms with E-state index in [1.807, 2.05) is 0 Å². The van der Waals surface area contributed by atoms with Crippen molar-refractivity contribution in [1.29, 1.82) is 0 Å². The first-order valence-electron chi connectivity index (χ1n) is 5.42. The van der Waals surface area contributed by atoms with Crippen LogP contribution in [-0.2, 0) is 11.3 Å². The maximum absolute atomic E-state index is 13.7. The molecule has 0 spiro atoms. The van der Waals surface area contributed by atoms with Crippen molar-refractivity contribution in [2.45, 2.75) is 6.54 Å². The highest BCUT2D eigenvalue weighted by Gasteiger charge is 2.09. The van der Waals surface area contributed by atoms with E-state index in [0.29, 0.717) is 24.1 Å². The predicted octanol–water partition coefficient (Wildman–Crippen LogP) is 2.88. The van der Waals surface area contributed by atoms with Crippen LogP contribution in [0.1, 0.15) is 5.56 Å². The Morgan fingerprint density at radius 3 is 2.56 bits per heavy atom. The summed E-state index contributed by atoms with van der Waals surface area (Å²) in [5, 5.41) is 2.53. The van der Waals surface area contributed by atoms with Crippen LogP contribution in [0.3, 0.4) is 0 Å². The molecule has 0 unspecified atom stereocenters. The van der Waals surface area contributed by atoms with E-state index in [4.69, 9.17) is 0 Å². The molecule has 2 aromatic rings. The molecular formula is C14H11F2NO. The molecule has 0 saturated heterocycles. The standard InChI is InChI=1S/C14H11F2NO/c15-11-5-6-13(14(16)7-11)12-4-2-1-3-10(12)8-17-9-18/h1-7,9H,8H2,(H,17,18). The molecule has 1 amide bonds. The second-order valence-corrected chi connectivity index (χ2v) is 3.78. The highest BCUT2D eigenvalue weighted by Crippen LogP contribution is 2.26. The fourth-order valence-electron chi connectivity index (χ4n) is 1.80. The van der Waals surface area contributed by atoms with Crippen LogP contribution in [0.2, 0.25) is 0 Å². The lowest BCUT2D eigenvalue weighted by Gasteiger charge is -2.10. The number of carbonyl (C=O) groups excluding carboxylic acids is 1. The van der Waals surface area contributed by atoms with Crippen LogP contribution >= 0.6 is 0 Å². The summed E-state index contributed by atoms with van der Waals surface area (Å²) in [6.07, 6.45) is 0.581. The Labute approximate surface area is 103 Å². The van der Waals surface area contributed by atoms with E-state index in [1.54, 1.807) is 24.3 Å². The predicted molar refractivity (Wildman–Crippen MR) is 64.7 cm³/mol. The fraction of sp³-hybridized carbons (Fsp3) is 0.0714. The molecule has 0 aliphatic rings. The van der Waals surface area contributed by atoms with Crippen molar-refractivity contribution in [2.24, 2.45) is 0 Å². The third-order valence-corrected chi connectivity index (χ3v) is 2.61. The fourth-order valence-corrected chi connectivity index (χ4v) is 1.80. The molecule has 0 aromatic heterocycles. The van der Waals surface area contributed by atoms with Crippen molar-refractivity contribution in [3.63, 3.8) is 0 Å². The number of benzene rings is 2. The molecule has 0 aliphatic carbocycles. The minimum absolute atomic E-state index is 0.302. The number of halogens is 2. The lowest BCUT2D eigenvalue weighted by molar-refractivity contribution is -0.109. The highest BCUT2D eigenvalue weighted by molar-refractivity contribution is 5.68. The van der Waals surface area contributed by atoms with E-state index in [1.165, 1.54) is 12.1 Å². The zero-order valence-electron chi connectivity index (χ0n) is 9.49. The van der Waals surface area contributed by atoms with Gasteiger partial charge in [0, 0.05) is 18.2 Å². The molecule has 0 radical (unpaired) electrons. The number of hydrogen-bond acceptors (Lipinski definition) is 1. The van der Waals surface area contributed by atoms with Gasteiger partial charge >= 0.3 is 0 Å². The van der Waals surface area contributed by atoms with Crippen LogP contribution in [0.4, 0.5) is 8.78 Å². The van der Waals surface area contributed by atoms with E-state index >= 15 is 0 Å². The Hall–Kier alpha value is -2.23. The Morgan fingerprint density at radius 2 is 1.83 bits per heavy atom. The molecular weight excluding hydrogens is 236 g/mol. The molecule has 2 aromatic carbocycles. The molecule has 18 heavy (non-hydrogen) atoms. The van der Waals surface area contributed by atoms with Crippen LogP contribution in [-0.4, -0.2) is 6.41 Å². The van der Waals surface area contributed by atoms with Gasteiger partial charge in [0.2, 0.25) is 6.41 Å². The van der Waals surface area contributed by atoms with Gasteiger partial charge in [-0.2, -0.15) is 0 Å². The van der Waals surface area contributed by atoms with Gasteiger partial charge in [-0.1, -0.05) is 24.3 Å². The zero-order chi connectivity index (χ0) is 13.0. The third kappa shape index (κ3) is 2.53. The van der Waals surface area contributed by atoms with Crippen molar-refractivity contribution in [3.05, 3.63) is 59.7 Å². The zero-order valence-corrected chi connectivity index (χ0v) is 9.49. The molecule has 0 saturated carbocycles. The van der Waals surface area contributed by atoms with Crippen molar-refractivity contribution >= 4 is 6.41 Å². The van der Waals surface area contributed by atoms with Crippen LogP contribution < -0.4 is 5.32 Å². The van der Waals surface area contributed by atoms with Gasteiger partial charge < -0.3 is 5.32 Å². The first-order chi connectivity index (χ1) is 8.72. The van der Waals surface area contributed by atoms with Gasteiger partial charge in [-0.05, 0) is 23.3 Å². The van der Waals surface area contributed by atoms with Crippen molar-refractivity contribution < 1.29 is 13.6 Å². The Morgan fingerprint density at radius 1 is 1.06 bits per heavy atom. The molecule has 0 atom stereocenters. The van der Waals surface area contributed by atoms with Crippen molar-refractivity contribution in [1.82, 2.24) is 5.32 Å². The van der Waals surface area contributed by atoms with E-state index < -0.39 is 11.6 Å². The molecule has 1 N–H and O–H groups in total. The smallest absolute Gasteiger partial charge is 0.207 e. The largest absolute Gasteiger partial charge is 0.355 e.